The molecule has 1 heterocycles. The number of hydrogen-bond acceptors (Lipinski definition) is 3. The van der Waals surface area contributed by atoms with E-state index in [2.05, 4.69) is 25.7 Å². The van der Waals surface area contributed by atoms with Crippen LogP contribution in [-0.4, -0.2) is 42.1 Å². The summed E-state index contributed by atoms with van der Waals surface area (Å²) in [7, 11) is 0. The molecule has 2 N–H and O–H groups in total. The first kappa shape index (κ1) is 11.5. The number of nitrogens with zero attached hydrogens (tertiary/aromatic N) is 1. The maximum Gasteiger partial charge on any atom is 0.247 e. The Kier molecular flexibility index (Phi) is 3.50. The van der Waals surface area contributed by atoms with Crippen molar-refractivity contribution >= 4 is 5.91 Å². The Balaban J connectivity index is 2.65. The molecule has 1 amide bonds. The molecular formula is C10H20N2O2. The van der Waals surface area contributed by atoms with Gasteiger partial charge in [0.1, 0.15) is 6.10 Å². The molecule has 1 rings (SSSR count). The minimum atomic E-state index is -0.447. The number of nitrogens with two attached hydrogens (primary N) is 1. The van der Waals surface area contributed by atoms with Gasteiger partial charge in [0.25, 0.3) is 0 Å². The highest BCUT2D eigenvalue weighted by Crippen LogP contribution is 2.17. The van der Waals surface area contributed by atoms with Crippen LogP contribution in [0.4, 0.5) is 0 Å². The summed E-state index contributed by atoms with van der Waals surface area (Å²) >= 11 is 0. The summed E-state index contributed by atoms with van der Waals surface area (Å²) in [6.07, 6.45) is 0.512. The van der Waals surface area contributed by atoms with E-state index in [0.29, 0.717) is 13.2 Å². The van der Waals surface area contributed by atoms with Crippen LogP contribution in [0.25, 0.3) is 0 Å². The molecule has 14 heavy (non-hydrogen) atoms. The Labute approximate surface area is 85.4 Å². The topological polar surface area (TPSA) is 55.6 Å². The fraction of sp³-hybridized carbons (Fsp3) is 0.900. The molecule has 0 unspecified atom stereocenters. The average molecular weight is 200 g/mol. The number of amides is 1. The summed E-state index contributed by atoms with van der Waals surface area (Å²) in [6, 6.07) is 0. The van der Waals surface area contributed by atoms with Crippen LogP contribution in [-0.2, 0) is 9.53 Å². The molecule has 0 saturated carbocycles. The molecule has 4 heteroatoms. The van der Waals surface area contributed by atoms with Crippen molar-refractivity contribution in [3.8, 4) is 0 Å². The maximum absolute atomic E-state index is 11.1. The largest absolute Gasteiger partial charge is 0.367 e. The molecule has 1 saturated heterocycles. The van der Waals surface area contributed by atoms with Crippen molar-refractivity contribution in [2.45, 2.75) is 38.8 Å². The summed E-state index contributed by atoms with van der Waals surface area (Å²) < 4.78 is 5.37. The predicted octanol–water partition coefficient (Wildman–Crippen LogP) is 0.361. The molecule has 0 aromatic heterocycles. The zero-order chi connectivity index (χ0) is 10.8. The van der Waals surface area contributed by atoms with Crippen molar-refractivity contribution in [2.24, 2.45) is 5.73 Å². The maximum atomic E-state index is 11.1. The Morgan fingerprint density at radius 2 is 2.14 bits per heavy atom. The summed E-state index contributed by atoms with van der Waals surface area (Å²) in [4.78, 5) is 13.3. The van der Waals surface area contributed by atoms with Gasteiger partial charge >= 0.3 is 0 Å². The lowest BCUT2D eigenvalue weighted by atomic mass is 10.1. The third-order valence-corrected chi connectivity index (χ3v) is 2.54. The van der Waals surface area contributed by atoms with E-state index in [-0.39, 0.29) is 11.4 Å². The van der Waals surface area contributed by atoms with Crippen LogP contribution >= 0.6 is 0 Å². The molecule has 0 radical (unpaired) electrons. The number of carbonyl (C=O) groups is 1. The lowest BCUT2D eigenvalue weighted by Gasteiger charge is -2.35. The minimum absolute atomic E-state index is 0.0708. The highest BCUT2D eigenvalue weighted by molar-refractivity contribution is 5.79. The first-order valence-corrected chi connectivity index (χ1v) is 5.07. The molecule has 1 aliphatic heterocycles. The molecular weight excluding hydrogens is 180 g/mol. The Morgan fingerprint density at radius 1 is 1.50 bits per heavy atom. The molecule has 1 atom stereocenters. The lowest BCUT2D eigenvalue weighted by Crippen LogP contribution is -2.48. The van der Waals surface area contributed by atoms with E-state index >= 15 is 0 Å². The van der Waals surface area contributed by atoms with Crippen LogP contribution in [0, 0.1) is 0 Å². The van der Waals surface area contributed by atoms with Gasteiger partial charge in [-0.2, -0.15) is 0 Å². The highest BCUT2D eigenvalue weighted by atomic mass is 16.5. The van der Waals surface area contributed by atoms with Gasteiger partial charge in [0.05, 0.1) is 0 Å². The number of primary amides is 1. The van der Waals surface area contributed by atoms with Crippen molar-refractivity contribution in [3.63, 3.8) is 0 Å². The fourth-order valence-corrected chi connectivity index (χ4v) is 1.61. The van der Waals surface area contributed by atoms with Crippen molar-refractivity contribution < 1.29 is 9.53 Å². The van der Waals surface area contributed by atoms with Crippen LogP contribution < -0.4 is 5.73 Å². The van der Waals surface area contributed by atoms with Gasteiger partial charge in [0, 0.05) is 25.2 Å². The molecule has 1 fully saturated rings. The van der Waals surface area contributed by atoms with E-state index in [9.17, 15) is 4.79 Å². The van der Waals surface area contributed by atoms with Gasteiger partial charge in [-0.15, -0.1) is 0 Å². The van der Waals surface area contributed by atoms with E-state index in [1.165, 1.54) is 0 Å². The number of rotatable bonds is 1. The van der Waals surface area contributed by atoms with Gasteiger partial charge in [0.15, 0.2) is 0 Å². The van der Waals surface area contributed by atoms with Crippen LogP contribution in [0.5, 0.6) is 0 Å². The smallest absolute Gasteiger partial charge is 0.247 e. The van der Waals surface area contributed by atoms with Gasteiger partial charge in [-0.05, 0) is 27.2 Å². The highest BCUT2D eigenvalue weighted by Gasteiger charge is 2.29. The van der Waals surface area contributed by atoms with Gasteiger partial charge in [0.2, 0.25) is 5.91 Å². The number of hydrogen-bond donors (Lipinski definition) is 1. The van der Waals surface area contributed by atoms with E-state index in [1.807, 2.05) is 0 Å². The number of carbonyl (C=O) groups excluding carboxylic acids is 1. The predicted molar refractivity (Wildman–Crippen MR) is 54.9 cm³/mol. The number of ether oxygens (including phenoxy) is 1. The zero-order valence-corrected chi connectivity index (χ0v) is 9.25. The van der Waals surface area contributed by atoms with E-state index in [0.717, 1.165) is 13.0 Å². The van der Waals surface area contributed by atoms with Crippen molar-refractivity contribution in [3.05, 3.63) is 0 Å². The minimum Gasteiger partial charge on any atom is -0.367 e. The molecule has 0 aromatic rings. The fourth-order valence-electron chi connectivity index (χ4n) is 1.61. The Bertz CT molecular complexity index is 211. The Morgan fingerprint density at radius 3 is 2.64 bits per heavy atom. The second-order valence-corrected chi connectivity index (χ2v) is 4.73. The van der Waals surface area contributed by atoms with E-state index in [4.69, 9.17) is 10.5 Å². The lowest BCUT2D eigenvalue weighted by molar-refractivity contribution is -0.129. The second kappa shape index (κ2) is 4.28. The van der Waals surface area contributed by atoms with E-state index < -0.39 is 6.10 Å². The molecule has 0 aliphatic carbocycles. The SMILES string of the molecule is CC(C)(C)N1CCCO[C@@H](C(N)=O)C1. The first-order valence-electron chi connectivity index (χ1n) is 5.07. The monoisotopic (exact) mass is 200 g/mol. The average Bonchev–Trinajstić information content (AvgIpc) is 2.26. The molecule has 82 valence electrons. The third kappa shape index (κ3) is 2.96. The zero-order valence-electron chi connectivity index (χ0n) is 9.25. The first-order chi connectivity index (χ1) is 6.41. The Hall–Kier alpha value is -0.610. The summed E-state index contributed by atoms with van der Waals surface area (Å²) in [5.41, 5.74) is 5.32. The summed E-state index contributed by atoms with van der Waals surface area (Å²) in [5.74, 6) is -0.360. The van der Waals surface area contributed by atoms with Crippen LogP contribution in [0.3, 0.4) is 0 Å². The summed E-state index contributed by atoms with van der Waals surface area (Å²) in [6.45, 7) is 8.61. The van der Waals surface area contributed by atoms with Crippen molar-refractivity contribution in [1.29, 1.82) is 0 Å². The van der Waals surface area contributed by atoms with Gasteiger partial charge < -0.3 is 10.5 Å². The summed E-state index contributed by atoms with van der Waals surface area (Å²) in [5, 5.41) is 0. The van der Waals surface area contributed by atoms with Crippen LogP contribution in [0.2, 0.25) is 0 Å². The van der Waals surface area contributed by atoms with Crippen LogP contribution in [0.15, 0.2) is 0 Å². The van der Waals surface area contributed by atoms with Crippen molar-refractivity contribution in [2.75, 3.05) is 19.7 Å². The quantitative estimate of drug-likeness (QED) is 0.665. The van der Waals surface area contributed by atoms with Gasteiger partial charge in [-0.25, -0.2) is 0 Å². The molecule has 4 nitrogen and oxygen atoms in total. The molecule has 0 spiro atoms. The van der Waals surface area contributed by atoms with Crippen molar-refractivity contribution in [1.82, 2.24) is 4.90 Å². The van der Waals surface area contributed by atoms with Crippen LogP contribution in [0.1, 0.15) is 27.2 Å². The van der Waals surface area contributed by atoms with Gasteiger partial charge in [-0.3, -0.25) is 9.69 Å². The normalized spacial score (nSPS) is 25.8. The standard InChI is InChI=1S/C10H20N2O2/c1-10(2,3)12-5-4-6-14-8(7-12)9(11)13/h8H,4-7H2,1-3H3,(H2,11,13)/t8-/m1/s1. The second-order valence-electron chi connectivity index (χ2n) is 4.73. The molecule has 0 aromatic carbocycles. The van der Waals surface area contributed by atoms with E-state index in [1.54, 1.807) is 0 Å². The molecule has 0 bridgehead atoms. The third-order valence-electron chi connectivity index (χ3n) is 2.54. The van der Waals surface area contributed by atoms with Gasteiger partial charge in [-0.1, -0.05) is 0 Å². The molecule has 1 aliphatic rings.